The average Bonchev–Trinajstić information content (AvgIpc) is 1.84. The molecule has 62 valence electrons. The number of aliphatic imine (C=N–C) groups is 1. The van der Waals surface area contributed by atoms with E-state index in [-0.39, 0.29) is 18.1 Å². The van der Waals surface area contributed by atoms with Gasteiger partial charge in [-0.1, -0.05) is 0 Å². The molecule has 0 saturated carbocycles. The van der Waals surface area contributed by atoms with E-state index in [0.29, 0.717) is 5.84 Å². The molecular formula is C7H12N2O2. The topological polar surface area (TPSA) is 58.5 Å². The fraction of sp³-hybridized carbons (Fsp3) is 0.571. The van der Waals surface area contributed by atoms with Crippen LogP contribution in [0, 0.1) is 0 Å². The summed E-state index contributed by atoms with van der Waals surface area (Å²) in [5.74, 6) is 0.205. The van der Waals surface area contributed by atoms with E-state index in [1.165, 1.54) is 20.9 Å². The summed E-state index contributed by atoms with van der Waals surface area (Å²) < 4.78 is 0. The Kier molecular flexibility index (Phi) is 4.10. The predicted octanol–water partition coefficient (Wildman–Crippen LogP) is 0.130. The summed E-state index contributed by atoms with van der Waals surface area (Å²) in [4.78, 5) is 24.8. The number of amidine groups is 1. The highest BCUT2D eigenvalue weighted by atomic mass is 16.1. The minimum absolute atomic E-state index is 0.0145. The Morgan fingerprint density at radius 2 is 1.91 bits per heavy atom. The number of carbonyl (C=O) groups excluding carboxylic acids is 2. The lowest BCUT2D eigenvalue weighted by Crippen LogP contribution is -2.29. The van der Waals surface area contributed by atoms with Crippen LogP contribution >= 0.6 is 0 Å². The standard InChI is InChI=1S/C7H12N2O2/c1-5(10)4-7(8-3)9-6(2)11/h4H2,1-3H3,(H,8,9,11). The maximum atomic E-state index is 10.6. The molecule has 0 unspecified atom stereocenters. The second-order valence-electron chi connectivity index (χ2n) is 2.23. The molecule has 0 fully saturated rings. The fourth-order valence-electron chi connectivity index (χ4n) is 0.618. The molecule has 0 atom stereocenters. The van der Waals surface area contributed by atoms with Crippen LogP contribution in [-0.4, -0.2) is 24.6 Å². The summed E-state index contributed by atoms with van der Waals surface area (Å²) in [5.41, 5.74) is 0. The second-order valence-corrected chi connectivity index (χ2v) is 2.23. The Morgan fingerprint density at radius 1 is 1.36 bits per heavy atom. The summed E-state index contributed by atoms with van der Waals surface area (Å²) in [5, 5.41) is 2.45. The third kappa shape index (κ3) is 5.26. The third-order valence-corrected chi connectivity index (χ3v) is 1.01. The van der Waals surface area contributed by atoms with Crippen molar-refractivity contribution < 1.29 is 9.59 Å². The Bertz CT molecular complexity index is 179. The van der Waals surface area contributed by atoms with E-state index in [1.807, 2.05) is 0 Å². The number of ketones is 1. The van der Waals surface area contributed by atoms with Gasteiger partial charge in [0.15, 0.2) is 0 Å². The van der Waals surface area contributed by atoms with Gasteiger partial charge in [-0.25, -0.2) is 0 Å². The maximum absolute atomic E-state index is 10.6. The van der Waals surface area contributed by atoms with Crippen LogP contribution in [0.1, 0.15) is 20.3 Å². The molecule has 4 nitrogen and oxygen atoms in total. The highest BCUT2D eigenvalue weighted by molar-refractivity contribution is 6.06. The quantitative estimate of drug-likeness (QED) is 0.456. The van der Waals surface area contributed by atoms with Gasteiger partial charge in [-0.3, -0.25) is 14.6 Å². The average molecular weight is 156 g/mol. The van der Waals surface area contributed by atoms with Crippen LogP contribution in [0.5, 0.6) is 0 Å². The minimum Gasteiger partial charge on any atom is -0.314 e. The molecule has 1 amide bonds. The monoisotopic (exact) mass is 156 g/mol. The molecule has 0 aromatic heterocycles. The van der Waals surface area contributed by atoms with Crippen LogP contribution in [0.4, 0.5) is 0 Å². The van der Waals surface area contributed by atoms with Crippen molar-refractivity contribution in [3.63, 3.8) is 0 Å². The smallest absolute Gasteiger partial charge is 0.222 e. The van der Waals surface area contributed by atoms with Crippen LogP contribution in [0.25, 0.3) is 0 Å². The maximum Gasteiger partial charge on any atom is 0.222 e. The van der Waals surface area contributed by atoms with Gasteiger partial charge < -0.3 is 5.32 Å². The first-order valence-electron chi connectivity index (χ1n) is 3.29. The molecule has 0 saturated heterocycles. The van der Waals surface area contributed by atoms with Crippen molar-refractivity contribution in [2.45, 2.75) is 20.3 Å². The lowest BCUT2D eigenvalue weighted by atomic mass is 10.3. The highest BCUT2D eigenvalue weighted by Crippen LogP contribution is 1.84. The number of nitrogens with one attached hydrogen (secondary N) is 1. The van der Waals surface area contributed by atoms with Gasteiger partial charge in [-0.15, -0.1) is 0 Å². The van der Waals surface area contributed by atoms with Crippen LogP contribution in [0.15, 0.2) is 4.99 Å². The van der Waals surface area contributed by atoms with Gasteiger partial charge in [-0.2, -0.15) is 0 Å². The van der Waals surface area contributed by atoms with Crippen molar-refractivity contribution in [1.82, 2.24) is 5.32 Å². The first-order valence-corrected chi connectivity index (χ1v) is 3.29. The van der Waals surface area contributed by atoms with Gasteiger partial charge in [0.25, 0.3) is 0 Å². The second kappa shape index (κ2) is 4.60. The van der Waals surface area contributed by atoms with Crippen molar-refractivity contribution in [2.24, 2.45) is 4.99 Å². The van der Waals surface area contributed by atoms with Crippen LogP contribution < -0.4 is 5.32 Å². The normalized spacial score (nSPS) is 11.0. The Labute approximate surface area is 65.7 Å². The van der Waals surface area contributed by atoms with E-state index in [9.17, 15) is 9.59 Å². The lowest BCUT2D eigenvalue weighted by molar-refractivity contribution is -0.117. The minimum atomic E-state index is -0.202. The molecule has 11 heavy (non-hydrogen) atoms. The zero-order chi connectivity index (χ0) is 8.85. The summed E-state index contributed by atoms with van der Waals surface area (Å²) in [6, 6.07) is 0. The number of nitrogens with zero attached hydrogens (tertiary/aromatic N) is 1. The molecule has 0 aromatic rings. The summed E-state index contributed by atoms with van der Waals surface area (Å²) in [6.07, 6.45) is 0.191. The van der Waals surface area contributed by atoms with E-state index in [2.05, 4.69) is 10.3 Å². The molecule has 0 rings (SSSR count). The molecule has 0 radical (unpaired) electrons. The lowest BCUT2D eigenvalue weighted by Gasteiger charge is -2.01. The van der Waals surface area contributed by atoms with Gasteiger partial charge >= 0.3 is 0 Å². The van der Waals surface area contributed by atoms with E-state index in [1.54, 1.807) is 0 Å². The Morgan fingerprint density at radius 3 is 2.18 bits per heavy atom. The van der Waals surface area contributed by atoms with Crippen molar-refractivity contribution in [3.05, 3.63) is 0 Å². The van der Waals surface area contributed by atoms with Crippen molar-refractivity contribution in [1.29, 1.82) is 0 Å². The fourth-order valence-corrected chi connectivity index (χ4v) is 0.618. The van der Waals surface area contributed by atoms with Crippen molar-refractivity contribution >= 4 is 17.5 Å². The number of amides is 1. The zero-order valence-electron chi connectivity index (χ0n) is 6.97. The van der Waals surface area contributed by atoms with Gasteiger partial charge in [0.1, 0.15) is 11.6 Å². The molecule has 1 N–H and O–H groups in total. The van der Waals surface area contributed by atoms with Gasteiger partial charge in [0.05, 0.1) is 6.42 Å². The molecular weight excluding hydrogens is 144 g/mol. The molecule has 0 aliphatic carbocycles. The first kappa shape index (κ1) is 9.81. The molecule has 0 aliphatic rings. The number of carbonyl (C=O) groups is 2. The number of rotatable bonds is 2. The van der Waals surface area contributed by atoms with E-state index >= 15 is 0 Å². The zero-order valence-corrected chi connectivity index (χ0v) is 6.97. The van der Waals surface area contributed by atoms with Gasteiger partial charge in [-0.05, 0) is 6.92 Å². The van der Waals surface area contributed by atoms with Crippen molar-refractivity contribution in [2.75, 3.05) is 7.05 Å². The first-order chi connectivity index (χ1) is 5.06. The molecule has 0 aromatic carbocycles. The summed E-state index contributed by atoms with van der Waals surface area (Å²) >= 11 is 0. The third-order valence-electron chi connectivity index (χ3n) is 1.01. The largest absolute Gasteiger partial charge is 0.314 e. The van der Waals surface area contributed by atoms with Crippen LogP contribution in [0.2, 0.25) is 0 Å². The Hall–Kier alpha value is -1.19. The molecule has 4 heteroatoms. The molecule has 0 aliphatic heterocycles. The highest BCUT2D eigenvalue weighted by Gasteiger charge is 2.02. The number of hydrogen-bond donors (Lipinski definition) is 1. The summed E-state index contributed by atoms with van der Waals surface area (Å²) in [7, 11) is 1.54. The predicted molar refractivity (Wildman–Crippen MR) is 42.5 cm³/mol. The van der Waals surface area contributed by atoms with Crippen LogP contribution in [-0.2, 0) is 9.59 Å². The molecule has 0 bridgehead atoms. The molecule has 0 spiro atoms. The van der Waals surface area contributed by atoms with Gasteiger partial charge in [0.2, 0.25) is 5.91 Å². The van der Waals surface area contributed by atoms with E-state index in [0.717, 1.165) is 0 Å². The SMILES string of the molecule is CN=C(CC(C)=O)NC(C)=O. The van der Waals surface area contributed by atoms with Crippen molar-refractivity contribution in [3.8, 4) is 0 Å². The summed E-state index contributed by atoms with van der Waals surface area (Å²) in [6.45, 7) is 2.83. The Balaban J connectivity index is 3.99. The number of Topliss-reactive ketones (excluding diaryl/α,β-unsaturated/α-hetero) is 1. The number of hydrogen-bond acceptors (Lipinski definition) is 3. The van der Waals surface area contributed by atoms with Gasteiger partial charge in [0, 0.05) is 14.0 Å². The van der Waals surface area contributed by atoms with E-state index < -0.39 is 0 Å². The van der Waals surface area contributed by atoms with E-state index in [4.69, 9.17) is 0 Å². The molecule has 0 heterocycles. The van der Waals surface area contributed by atoms with Crippen LogP contribution in [0.3, 0.4) is 0 Å².